The van der Waals surface area contributed by atoms with E-state index in [4.69, 9.17) is 0 Å². The molecule has 0 aliphatic heterocycles. The molecule has 0 aromatic carbocycles. The fourth-order valence-corrected chi connectivity index (χ4v) is 3.94. The molecule has 0 fully saturated rings. The van der Waals surface area contributed by atoms with Crippen molar-refractivity contribution in [2.75, 3.05) is 0 Å². The van der Waals surface area contributed by atoms with Crippen LogP contribution in [0.4, 0.5) is 0 Å². The number of nitro groups is 6. The van der Waals surface area contributed by atoms with E-state index in [0.29, 0.717) is 0 Å². The van der Waals surface area contributed by atoms with Gasteiger partial charge in [-0.15, -0.1) is 0 Å². The van der Waals surface area contributed by atoms with E-state index in [0.717, 1.165) is 0 Å². The Bertz CT molecular complexity index is 431. The van der Waals surface area contributed by atoms with Crippen molar-refractivity contribution in [1.82, 2.24) is 0 Å². The third-order valence-corrected chi connectivity index (χ3v) is 9.66. The van der Waals surface area contributed by atoms with Gasteiger partial charge in [0.05, 0.1) is 0 Å². The molecule has 0 N–H and O–H groups in total. The van der Waals surface area contributed by atoms with Crippen LogP contribution in [0.15, 0.2) is 0 Å². The van der Waals surface area contributed by atoms with E-state index in [1.807, 2.05) is 0 Å². The molecule has 112 valence electrons. The molecule has 0 atom stereocenters. The summed E-state index contributed by atoms with van der Waals surface area (Å²) in [4.78, 5) is 63.3. The first-order valence-corrected chi connectivity index (χ1v) is 7.48. The maximum Gasteiger partial charge on any atom is 1.00 e. The number of hydrogen-bond acceptors (Lipinski definition) is 12. The van der Waals surface area contributed by atoms with Crippen LogP contribution in [0.5, 0.6) is 0 Å². The minimum atomic E-state index is -10.8. The van der Waals surface area contributed by atoms with Gasteiger partial charge in [-0.05, 0) is 0 Å². The van der Waals surface area contributed by atoms with Crippen molar-refractivity contribution in [3.8, 4) is 0 Å². The fraction of sp³-hybridized carbons (Fsp3) is 0. The van der Waals surface area contributed by atoms with Crippen LogP contribution in [0, 0.1) is 60.7 Å². The average Bonchev–Trinajstić information content (AvgIpc) is 2.15. The van der Waals surface area contributed by atoms with Crippen molar-refractivity contribution in [1.29, 1.82) is 0 Å². The molecule has 0 aliphatic rings. The van der Waals surface area contributed by atoms with E-state index >= 15 is 0 Å². The van der Waals surface area contributed by atoms with Crippen molar-refractivity contribution in [3.63, 3.8) is 0 Å². The summed E-state index contributed by atoms with van der Waals surface area (Å²) < 4.78 is -19.4. The molecule has 0 bridgehead atoms. The van der Waals surface area contributed by atoms with Crippen molar-refractivity contribution in [3.05, 3.63) is 60.7 Å². The van der Waals surface area contributed by atoms with Gasteiger partial charge in [0, 0.05) is 0 Å². The van der Waals surface area contributed by atoms with Crippen LogP contribution in [0.2, 0.25) is 0 Å². The number of rotatable bonds is 6. The van der Waals surface area contributed by atoms with Crippen LogP contribution >= 0.6 is 0 Å². The zero-order valence-corrected chi connectivity index (χ0v) is 9.55. The molecule has 0 saturated carbocycles. The second-order valence-electron chi connectivity index (χ2n) is 2.18. The summed E-state index contributed by atoms with van der Waals surface area (Å²) in [6.07, 6.45) is 0. The second kappa shape index (κ2) is 3.28. The van der Waals surface area contributed by atoms with Gasteiger partial charge in [-0.25, -0.2) is 0 Å². The predicted molar refractivity (Wildman–Crippen MR) is 43.1 cm³/mol. The molecule has 0 aliphatic carbocycles. The topological polar surface area (TPSA) is 259 Å². The Morgan fingerprint density at radius 1 is 0.474 bits per heavy atom. The minimum Gasteiger partial charge on any atom is 1.00 e. The maximum atomic E-state index is 10.5. The van der Waals surface area contributed by atoms with E-state index in [1.165, 1.54) is 0 Å². The van der Waals surface area contributed by atoms with Gasteiger partial charge in [0.2, 0.25) is 0 Å². The maximum absolute atomic E-state index is 10.8. The van der Waals surface area contributed by atoms with Gasteiger partial charge in [0.25, 0.3) is 0 Å². The molecule has 19 heavy (non-hydrogen) atoms. The summed E-state index contributed by atoms with van der Waals surface area (Å²) in [5.74, 6) is 0. The van der Waals surface area contributed by atoms with E-state index in [9.17, 15) is 60.7 Å². The van der Waals surface area contributed by atoms with E-state index in [-0.39, 0.29) is 1.43 Å². The molecule has 0 saturated heterocycles. The smallest absolute Gasteiger partial charge is 1.00 e. The summed E-state index contributed by atoms with van der Waals surface area (Å²) in [6, 6.07) is 0. The van der Waals surface area contributed by atoms with Gasteiger partial charge in [-0.1, -0.05) is 0 Å². The number of hydrogen-bond donors (Lipinski definition) is 0. The Morgan fingerprint density at radius 3 is 0.579 bits per heavy atom. The summed E-state index contributed by atoms with van der Waals surface area (Å²) in [7, 11) is 0. The first kappa shape index (κ1) is 16.0. The van der Waals surface area contributed by atoms with Crippen LogP contribution in [0.25, 0.3) is 0 Å². The first-order chi connectivity index (χ1) is 8.34. The summed E-state index contributed by atoms with van der Waals surface area (Å²) in [5, 5.41) is 63.3. The first-order valence-electron chi connectivity index (χ1n) is 3.09. The predicted octanol–water partition coefficient (Wildman–Crippen LogP) is -1.53. The molecular formula is HN6O12Rh. The zero-order valence-electron chi connectivity index (χ0n) is 8.92. The Hall–Kier alpha value is -2.98. The van der Waals surface area contributed by atoms with Crippen LogP contribution in [-0.4, -0.2) is 22.0 Å². The summed E-state index contributed by atoms with van der Waals surface area (Å²) >= 11 is -10.8. The normalized spacial score (nSPS) is 14.5. The average molecular weight is 380 g/mol. The van der Waals surface area contributed by atoms with Crippen LogP contribution in [-0.2, 0) is 13.9 Å². The third kappa shape index (κ3) is 0.784. The van der Waals surface area contributed by atoms with Crippen molar-refractivity contribution in [2.24, 2.45) is 0 Å². The van der Waals surface area contributed by atoms with Crippen molar-refractivity contribution >= 4 is 0 Å². The second-order valence-corrected chi connectivity index (χ2v) is 10.7. The Morgan fingerprint density at radius 2 is 0.579 bits per heavy atom. The largest absolute Gasteiger partial charge is 1.00 e. The van der Waals surface area contributed by atoms with Gasteiger partial charge in [-0.3, -0.25) is 0 Å². The van der Waals surface area contributed by atoms with Crippen molar-refractivity contribution in [2.45, 2.75) is 0 Å². The summed E-state index contributed by atoms with van der Waals surface area (Å²) in [6.45, 7) is 0. The van der Waals surface area contributed by atoms with E-state index in [2.05, 4.69) is 0 Å². The van der Waals surface area contributed by atoms with Gasteiger partial charge in [-0.2, -0.15) is 0 Å². The Labute approximate surface area is 98.8 Å². The Balaban J connectivity index is 0. The Kier molecular flexibility index (Phi) is 2.76. The quantitative estimate of drug-likeness (QED) is 0.289. The SMILES string of the molecule is O=[N+]([O-])[Rh-]([N+](=O)[O-])([N+](=O)[O-])([N+](=O)[O-])([N+](=O)[O-])[N+](=O)[O-].[H+]. The molecule has 0 rings (SSSR count). The molecule has 0 aromatic rings. The third-order valence-electron chi connectivity index (χ3n) is 1.63. The van der Waals surface area contributed by atoms with Gasteiger partial charge in [0.1, 0.15) is 0 Å². The molecular weight excluding hydrogens is 379 g/mol. The molecule has 0 aromatic heterocycles. The number of nitrogens with zero attached hydrogens (tertiary/aromatic N) is 6. The van der Waals surface area contributed by atoms with Crippen molar-refractivity contribution < 1.29 is 37.3 Å². The zero-order chi connectivity index (χ0) is 15.9. The monoisotopic (exact) mass is 380 g/mol. The van der Waals surface area contributed by atoms with Gasteiger partial charge >= 0.3 is 98.0 Å². The standard InChI is InChI=1S/6NO2.Rh/c6*2-1-3;/q;;;;;;-1/p+1. The molecule has 0 radical (unpaired) electrons. The van der Waals surface area contributed by atoms with Gasteiger partial charge in [0.15, 0.2) is 0 Å². The molecule has 0 heterocycles. The van der Waals surface area contributed by atoms with Crippen LogP contribution < -0.4 is 0 Å². The minimum absolute atomic E-state index is 0. The van der Waals surface area contributed by atoms with Crippen LogP contribution in [0.1, 0.15) is 1.43 Å². The molecule has 0 spiro atoms. The fourth-order valence-electron chi connectivity index (χ4n) is 0.667. The van der Waals surface area contributed by atoms with Crippen LogP contribution in [0.3, 0.4) is 0 Å². The molecule has 19 heteroatoms. The molecule has 0 amide bonds. The summed E-state index contributed by atoms with van der Waals surface area (Å²) in [5.41, 5.74) is 0. The van der Waals surface area contributed by atoms with E-state index in [1.54, 1.807) is 0 Å². The molecule has 0 unspecified atom stereocenters. The molecule has 18 nitrogen and oxygen atoms in total. The van der Waals surface area contributed by atoms with E-state index < -0.39 is 35.9 Å². The van der Waals surface area contributed by atoms with Gasteiger partial charge < -0.3 is 0 Å².